The molecule has 0 fully saturated rings. The highest BCUT2D eigenvalue weighted by atomic mass is 32.1. The maximum Gasteiger partial charge on any atom is 0.233 e. The molecule has 66 valence electrons. The predicted octanol–water partition coefficient (Wildman–Crippen LogP) is 2.21. The van der Waals surface area contributed by atoms with Crippen LogP contribution in [0.4, 0.5) is 0 Å². The molecule has 4 heteroatoms. The van der Waals surface area contributed by atoms with Crippen molar-refractivity contribution in [2.75, 3.05) is 7.11 Å². The zero-order valence-corrected chi connectivity index (χ0v) is 7.91. The maximum atomic E-state index is 4.92. The average Bonchev–Trinajstić information content (AvgIpc) is 2.71. The summed E-state index contributed by atoms with van der Waals surface area (Å²) in [6.45, 7) is 0. The molecule has 3 nitrogen and oxygen atoms in total. The fraction of sp³-hybridized carbons (Fsp3) is 0.111. The van der Waals surface area contributed by atoms with Crippen molar-refractivity contribution in [3.63, 3.8) is 0 Å². The van der Waals surface area contributed by atoms with E-state index in [4.69, 9.17) is 4.74 Å². The Morgan fingerprint density at radius 1 is 1.23 bits per heavy atom. The van der Waals surface area contributed by atoms with E-state index in [1.54, 1.807) is 18.4 Å². The third-order valence-electron chi connectivity index (χ3n) is 1.62. The first-order chi connectivity index (χ1) is 6.40. The highest BCUT2D eigenvalue weighted by Gasteiger charge is 2.00. The standard InChI is InChI=1S/C9H8N2OS/c1-12-9-5-4-7(10-11-9)8-3-2-6-13-8/h2-6H,1H3. The van der Waals surface area contributed by atoms with Crippen LogP contribution in [0.15, 0.2) is 29.6 Å². The highest BCUT2D eigenvalue weighted by Crippen LogP contribution is 2.22. The number of aromatic nitrogens is 2. The van der Waals surface area contributed by atoms with Crippen LogP contribution in [0, 0.1) is 0 Å². The Hall–Kier alpha value is -1.42. The van der Waals surface area contributed by atoms with Gasteiger partial charge in [-0.25, -0.2) is 0 Å². The molecule has 0 aliphatic heterocycles. The summed E-state index contributed by atoms with van der Waals surface area (Å²) in [6, 6.07) is 7.72. The largest absolute Gasteiger partial charge is 0.480 e. The molecule has 0 saturated heterocycles. The summed E-state index contributed by atoms with van der Waals surface area (Å²) >= 11 is 1.65. The van der Waals surface area contributed by atoms with Gasteiger partial charge < -0.3 is 4.74 Å². The van der Waals surface area contributed by atoms with Gasteiger partial charge in [-0.3, -0.25) is 0 Å². The summed E-state index contributed by atoms with van der Waals surface area (Å²) in [6.07, 6.45) is 0. The maximum absolute atomic E-state index is 4.92. The first-order valence-electron chi connectivity index (χ1n) is 3.82. The minimum atomic E-state index is 0.542. The highest BCUT2D eigenvalue weighted by molar-refractivity contribution is 7.13. The van der Waals surface area contributed by atoms with Crippen LogP contribution < -0.4 is 4.74 Å². The molecule has 0 aromatic carbocycles. The van der Waals surface area contributed by atoms with Crippen LogP contribution >= 0.6 is 11.3 Å². The summed E-state index contributed by atoms with van der Waals surface area (Å²) in [5, 5.41) is 9.93. The van der Waals surface area contributed by atoms with Gasteiger partial charge >= 0.3 is 0 Å². The topological polar surface area (TPSA) is 35.0 Å². The summed E-state index contributed by atoms with van der Waals surface area (Å²) in [5.41, 5.74) is 0.885. The number of ether oxygens (including phenoxy) is 1. The van der Waals surface area contributed by atoms with E-state index in [9.17, 15) is 0 Å². The Labute approximate surface area is 80.0 Å². The van der Waals surface area contributed by atoms with Gasteiger partial charge in [-0.1, -0.05) is 6.07 Å². The second-order valence-electron chi connectivity index (χ2n) is 2.44. The third kappa shape index (κ3) is 1.67. The van der Waals surface area contributed by atoms with E-state index in [0.29, 0.717) is 5.88 Å². The molecular weight excluding hydrogens is 184 g/mol. The molecule has 0 unspecified atom stereocenters. The molecule has 0 saturated carbocycles. The number of hydrogen-bond donors (Lipinski definition) is 0. The van der Waals surface area contributed by atoms with E-state index >= 15 is 0 Å². The molecule has 0 aliphatic carbocycles. The molecule has 2 rings (SSSR count). The summed E-state index contributed by atoms with van der Waals surface area (Å²) in [5.74, 6) is 0.542. The number of hydrogen-bond acceptors (Lipinski definition) is 4. The zero-order chi connectivity index (χ0) is 9.10. The van der Waals surface area contributed by atoms with E-state index in [-0.39, 0.29) is 0 Å². The molecule has 2 heterocycles. The molecule has 2 aromatic rings. The first-order valence-corrected chi connectivity index (χ1v) is 4.70. The van der Waals surface area contributed by atoms with Crippen molar-refractivity contribution in [1.29, 1.82) is 0 Å². The Bertz CT molecular complexity index is 369. The Balaban J connectivity index is 2.33. The Morgan fingerprint density at radius 3 is 2.69 bits per heavy atom. The first kappa shape index (κ1) is 8.19. The van der Waals surface area contributed by atoms with Crippen LogP contribution in [0.5, 0.6) is 5.88 Å². The normalized spacial score (nSPS) is 9.92. The van der Waals surface area contributed by atoms with Crippen LogP contribution in [0.25, 0.3) is 10.6 Å². The van der Waals surface area contributed by atoms with E-state index in [1.165, 1.54) is 0 Å². The van der Waals surface area contributed by atoms with Gasteiger partial charge in [0.15, 0.2) is 0 Å². The smallest absolute Gasteiger partial charge is 0.233 e. The number of methoxy groups -OCH3 is 1. The Morgan fingerprint density at radius 2 is 2.15 bits per heavy atom. The van der Waals surface area contributed by atoms with Crippen molar-refractivity contribution in [2.24, 2.45) is 0 Å². The molecular formula is C9H8N2OS. The number of thiophene rings is 1. The van der Waals surface area contributed by atoms with E-state index in [0.717, 1.165) is 10.6 Å². The van der Waals surface area contributed by atoms with Gasteiger partial charge in [-0.05, 0) is 17.5 Å². The minimum absolute atomic E-state index is 0.542. The summed E-state index contributed by atoms with van der Waals surface area (Å²) in [4.78, 5) is 1.12. The van der Waals surface area contributed by atoms with Crippen molar-refractivity contribution < 1.29 is 4.74 Å². The van der Waals surface area contributed by atoms with Gasteiger partial charge in [-0.2, -0.15) is 0 Å². The van der Waals surface area contributed by atoms with Gasteiger partial charge in [0.2, 0.25) is 5.88 Å². The Kier molecular flexibility index (Phi) is 2.23. The van der Waals surface area contributed by atoms with Crippen molar-refractivity contribution in [1.82, 2.24) is 10.2 Å². The van der Waals surface area contributed by atoms with Crippen molar-refractivity contribution in [3.8, 4) is 16.5 Å². The van der Waals surface area contributed by atoms with Gasteiger partial charge in [-0.15, -0.1) is 21.5 Å². The molecule has 0 spiro atoms. The average molecular weight is 192 g/mol. The second-order valence-corrected chi connectivity index (χ2v) is 3.39. The zero-order valence-electron chi connectivity index (χ0n) is 7.10. The van der Waals surface area contributed by atoms with Gasteiger partial charge in [0.05, 0.1) is 12.0 Å². The molecule has 0 aliphatic rings. The van der Waals surface area contributed by atoms with Crippen molar-refractivity contribution >= 4 is 11.3 Å². The van der Waals surface area contributed by atoms with Crippen LogP contribution in [0.1, 0.15) is 0 Å². The lowest BCUT2D eigenvalue weighted by Crippen LogP contribution is -1.90. The van der Waals surface area contributed by atoms with E-state index in [1.807, 2.05) is 29.6 Å². The lowest BCUT2D eigenvalue weighted by atomic mass is 10.3. The quantitative estimate of drug-likeness (QED) is 0.731. The van der Waals surface area contributed by atoms with Crippen LogP contribution in [-0.2, 0) is 0 Å². The SMILES string of the molecule is COc1ccc(-c2cccs2)nn1. The summed E-state index contributed by atoms with van der Waals surface area (Å²) < 4.78 is 4.92. The van der Waals surface area contributed by atoms with E-state index in [2.05, 4.69) is 10.2 Å². The monoisotopic (exact) mass is 192 g/mol. The van der Waals surface area contributed by atoms with Crippen LogP contribution in [-0.4, -0.2) is 17.3 Å². The minimum Gasteiger partial charge on any atom is -0.480 e. The lowest BCUT2D eigenvalue weighted by Gasteiger charge is -1.97. The van der Waals surface area contributed by atoms with Crippen molar-refractivity contribution in [3.05, 3.63) is 29.6 Å². The van der Waals surface area contributed by atoms with E-state index < -0.39 is 0 Å². The number of nitrogens with zero attached hydrogens (tertiary/aromatic N) is 2. The molecule has 2 aromatic heterocycles. The molecule has 0 N–H and O–H groups in total. The van der Waals surface area contributed by atoms with Crippen molar-refractivity contribution in [2.45, 2.75) is 0 Å². The molecule has 0 amide bonds. The van der Waals surface area contributed by atoms with Crippen LogP contribution in [0.2, 0.25) is 0 Å². The van der Waals surface area contributed by atoms with Crippen LogP contribution in [0.3, 0.4) is 0 Å². The lowest BCUT2D eigenvalue weighted by molar-refractivity contribution is 0.392. The number of rotatable bonds is 2. The predicted molar refractivity (Wildman–Crippen MR) is 51.9 cm³/mol. The summed E-state index contributed by atoms with van der Waals surface area (Å²) in [7, 11) is 1.58. The van der Waals surface area contributed by atoms with Gasteiger partial charge in [0.1, 0.15) is 5.69 Å². The molecule has 0 radical (unpaired) electrons. The molecule has 0 bridgehead atoms. The van der Waals surface area contributed by atoms with Gasteiger partial charge in [0, 0.05) is 6.07 Å². The van der Waals surface area contributed by atoms with Gasteiger partial charge in [0.25, 0.3) is 0 Å². The fourth-order valence-corrected chi connectivity index (χ4v) is 1.68. The molecule has 13 heavy (non-hydrogen) atoms. The third-order valence-corrected chi connectivity index (χ3v) is 2.52. The molecule has 0 atom stereocenters. The fourth-order valence-electron chi connectivity index (χ4n) is 0.985. The second kappa shape index (κ2) is 3.53.